The van der Waals surface area contributed by atoms with Crippen molar-refractivity contribution >= 4 is 34.8 Å². The van der Waals surface area contributed by atoms with Crippen molar-refractivity contribution in [2.75, 3.05) is 5.32 Å². The van der Waals surface area contributed by atoms with Crippen molar-refractivity contribution in [3.63, 3.8) is 0 Å². The van der Waals surface area contributed by atoms with Crippen LogP contribution in [0.5, 0.6) is 0 Å². The van der Waals surface area contributed by atoms with Crippen LogP contribution in [-0.2, 0) is 0 Å². The highest BCUT2D eigenvalue weighted by molar-refractivity contribution is 6.31. The maximum atomic E-state index is 12.1. The van der Waals surface area contributed by atoms with Gasteiger partial charge in [0.05, 0.1) is 12.0 Å². The minimum atomic E-state index is -0.362. The van der Waals surface area contributed by atoms with Crippen LogP contribution in [-0.4, -0.2) is 17.5 Å². The third-order valence-electron chi connectivity index (χ3n) is 3.70. The number of nitrogens with one attached hydrogen (secondary N) is 2. The summed E-state index contributed by atoms with van der Waals surface area (Å²) in [5, 5.41) is 7.34. The van der Waals surface area contributed by atoms with Gasteiger partial charge in [0.1, 0.15) is 0 Å². The molecule has 0 saturated heterocycles. The van der Waals surface area contributed by atoms with E-state index in [1.807, 2.05) is 6.07 Å². The zero-order chi connectivity index (χ0) is 19.2. The van der Waals surface area contributed by atoms with Crippen LogP contribution in [0.15, 0.2) is 76.4 Å². The highest BCUT2D eigenvalue weighted by Gasteiger charge is 2.10. The topological polar surface area (TPSA) is 83.7 Å². The maximum Gasteiger partial charge on any atom is 0.291 e. The zero-order valence-electron chi connectivity index (χ0n) is 14.4. The number of hydrazone groups is 1. The Morgan fingerprint density at radius 1 is 0.963 bits per heavy atom. The number of hydrogen-bond acceptors (Lipinski definition) is 4. The molecule has 27 heavy (non-hydrogen) atoms. The van der Waals surface area contributed by atoms with Gasteiger partial charge >= 0.3 is 0 Å². The molecule has 7 heteroatoms. The molecule has 0 spiro atoms. The summed E-state index contributed by atoms with van der Waals surface area (Å²) in [6.45, 7) is 1.76. The van der Waals surface area contributed by atoms with E-state index < -0.39 is 0 Å². The van der Waals surface area contributed by atoms with E-state index >= 15 is 0 Å². The standard InChI is InChI=1S/C20H16ClN3O3/c1-13(23-24-19(25)15-6-2-7-16(21)11-15)14-5-3-8-17(12-14)22-20(26)18-9-4-10-27-18/h2-12H,1H3,(H,22,26)(H,24,25)/b23-13-. The Morgan fingerprint density at radius 2 is 1.74 bits per heavy atom. The minimum Gasteiger partial charge on any atom is -0.459 e. The van der Waals surface area contributed by atoms with Crippen molar-refractivity contribution in [2.45, 2.75) is 6.92 Å². The summed E-state index contributed by atoms with van der Waals surface area (Å²) in [6, 6.07) is 16.9. The Morgan fingerprint density at radius 3 is 2.48 bits per heavy atom. The number of carbonyl (C=O) groups excluding carboxylic acids is 2. The molecule has 0 saturated carbocycles. The average Bonchev–Trinajstić information content (AvgIpc) is 3.21. The number of rotatable bonds is 5. The van der Waals surface area contributed by atoms with Crippen LogP contribution in [0.1, 0.15) is 33.4 Å². The molecule has 2 aromatic carbocycles. The van der Waals surface area contributed by atoms with Crippen molar-refractivity contribution in [1.29, 1.82) is 0 Å². The second-order valence-electron chi connectivity index (χ2n) is 5.66. The highest BCUT2D eigenvalue weighted by atomic mass is 35.5. The van der Waals surface area contributed by atoms with Gasteiger partial charge in [0.25, 0.3) is 11.8 Å². The molecule has 1 heterocycles. The van der Waals surface area contributed by atoms with Gasteiger partial charge in [0.2, 0.25) is 0 Å². The van der Waals surface area contributed by atoms with E-state index in [4.69, 9.17) is 16.0 Å². The van der Waals surface area contributed by atoms with Gasteiger partial charge in [-0.15, -0.1) is 0 Å². The zero-order valence-corrected chi connectivity index (χ0v) is 15.2. The first-order valence-electron chi connectivity index (χ1n) is 8.08. The minimum absolute atomic E-state index is 0.222. The fourth-order valence-corrected chi connectivity index (χ4v) is 2.51. The largest absolute Gasteiger partial charge is 0.459 e. The smallest absolute Gasteiger partial charge is 0.291 e. The number of carbonyl (C=O) groups is 2. The second-order valence-corrected chi connectivity index (χ2v) is 6.10. The fraction of sp³-hybridized carbons (Fsp3) is 0.0500. The highest BCUT2D eigenvalue weighted by Crippen LogP contribution is 2.14. The van der Waals surface area contributed by atoms with E-state index in [1.54, 1.807) is 61.5 Å². The number of hydrogen-bond donors (Lipinski definition) is 2. The van der Waals surface area contributed by atoms with Gasteiger partial charge in [0, 0.05) is 16.3 Å². The normalized spacial score (nSPS) is 11.1. The maximum absolute atomic E-state index is 12.1. The molecule has 0 bridgehead atoms. The Kier molecular flexibility index (Phi) is 5.68. The molecule has 0 aliphatic carbocycles. The molecule has 0 radical (unpaired) electrons. The third kappa shape index (κ3) is 4.83. The van der Waals surface area contributed by atoms with Crippen LogP contribution in [0.25, 0.3) is 0 Å². The monoisotopic (exact) mass is 381 g/mol. The van der Waals surface area contributed by atoms with Crippen LogP contribution in [0, 0.1) is 0 Å². The molecule has 1 aromatic heterocycles. The van der Waals surface area contributed by atoms with Gasteiger partial charge < -0.3 is 9.73 Å². The number of amides is 2. The van der Waals surface area contributed by atoms with Crippen LogP contribution in [0.4, 0.5) is 5.69 Å². The summed E-state index contributed by atoms with van der Waals surface area (Å²) in [4.78, 5) is 24.2. The Bertz CT molecular complexity index is 997. The molecule has 0 fully saturated rings. The van der Waals surface area contributed by atoms with Gasteiger partial charge in [-0.05, 0) is 55.0 Å². The lowest BCUT2D eigenvalue weighted by Gasteiger charge is -2.07. The Hall–Kier alpha value is -3.38. The van der Waals surface area contributed by atoms with Crippen molar-refractivity contribution in [2.24, 2.45) is 5.10 Å². The van der Waals surface area contributed by atoms with Crippen LogP contribution < -0.4 is 10.7 Å². The molecule has 136 valence electrons. The van der Waals surface area contributed by atoms with Crippen molar-refractivity contribution in [3.05, 3.63) is 88.8 Å². The molecular weight excluding hydrogens is 366 g/mol. The van der Waals surface area contributed by atoms with Crippen LogP contribution in [0.2, 0.25) is 5.02 Å². The van der Waals surface area contributed by atoms with Gasteiger partial charge in [-0.1, -0.05) is 29.8 Å². The first-order valence-corrected chi connectivity index (χ1v) is 8.46. The van der Waals surface area contributed by atoms with E-state index in [2.05, 4.69) is 15.8 Å². The van der Waals surface area contributed by atoms with Crippen molar-refractivity contribution in [1.82, 2.24) is 5.43 Å². The molecule has 3 rings (SSSR count). The van der Waals surface area contributed by atoms with Gasteiger partial charge in [0.15, 0.2) is 5.76 Å². The summed E-state index contributed by atoms with van der Waals surface area (Å²) in [5.41, 5.74) is 4.83. The second kappa shape index (κ2) is 8.33. The van der Waals surface area contributed by atoms with E-state index in [9.17, 15) is 9.59 Å². The number of nitrogens with zero attached hydrogens (tertiary/aromatic N) is 1. The predicted molar refractivity (Wildman–Crippen MR) is 104 cm³/mol. The third-order valence-corrected chi connectivity index (χ3v) is 3.93. The van der Waals surface area contributed by atoms with Crippen LogP contribution >= 0.6 is 11.6 Å². The van der Waals surface area contributed by atoms with Crippen LogP contribution in [0.3, 0.4) is 0 Å². The van der Waals surface area contributed by atoms with E-state index in [0.29, 0.717) is 22.0 Å². The summed E-state index contributed by atoms with van der Waals surface area (Å²) in [6.07, 6.45) is 1.44. The number of benzene rings is 2. The van der Waals surface area contributed by atoms with E-state index in [-0.39, 0.29) is 17.6 Å². The molecule has 0 aliphatic rings. The quantitative estimate of drug-likeness (QED) is 0.509. The first kappa shape index (κ1) is 18.4. The first-order chi connectivity index (χ1) is 13.0. The summed E-state index contributed by atoms with van der Waals surface area (Å²) >= 11 is 5.89. The Labute approximate surface area is 160 Å². The molecule has 2 amide bonds. The van der Waals surface area contributed by atoms with Crippen molar-refractivity contribution in [3.8, 4) is 0 Å². The lowest BCUT2D eigenvalue weighted by atomic mass is 10.1. The number of halogens is 1. The number of furan rings is 1. The Balaban J connectivity index is 1.69. The average molecular weight is 382 g/mol. The lowest BCUT2D eigenvalue weighted by Crippen LogP contribution is -2.19. The molecule has 0 atom stereocenters. The lowest BCUT2D eigenvalue weighted by molar-refractivity contribution is 0.0953. The summed E-state index contributed by atoms with van der Waals surface area (Å²) in [7, 11) is 0. The molecule has 0 aliphatic heterocycles. The molecular formula is C20H16ClN3O3. The SMILES string of the molecule is C/C(=N/NC(=O)c1cccc(Cl)c1)c1cccc(NC(=O)c2ccco2)c1. The molecule has 2 N–H and O–H groups in total. The predicted octanol–water partition coefficient (Wildman–Crippen LogP) is 4.34. The van der Waals surface area contributed by atoms with Gasteiger partial charge in [-0.25, -0.2) is 5.43 Å². The van der Waals surface area contributed by atoms with E-state index in [1.165, 1.54) is 6.26 Å². The van der Waals surface area contributed by atoms with Crippen molar-refractivity contribution < 1.29 is 14.0 Å². The van der Waals surface area contributed by atoms with Gasteiger partial charge in [-0.3, -0.25) is 9.59 Å². The van der Waals surface area contributed by atoms with E-state index in [0.717, 1.165) is 5.56 Å². The molecule has 3 aromatic rings. The van der Waals surface area contributed by atoms with Gasteiger partial charge in [-0.2, -0.15) is 5.10 Å². The molecule has 0 unspecified atom stereocenters. The summed E-state index contributed by atoms with van der Waals surface area (Å²) in [5.74, 6) is -0.486. The summed E-state index contributed by atoms with van der Waals surface area (Å²) < 4.78 is 5.07. The number of anilines is 1. The fourth-order valence-electron chi connectivity index (χ4n) is 2.32. The molecule has 6 nitrogen and oxygen atoms in total.